The minimum Gasteiger partial charge on any atom is -0.493 e. The largest absolute Gasteiger partial charge is 0.493 e. The first-order valence-electron chi connectivity index (χ1n) is 14.4. The van der Waals surface area contributed by atoms with Gasteiger partial charge >= 0.3 is 11.9 Å². The Hall–Kier alpha value is -2.88. The third-order valence-electron chi connectivity index (χ3n) is 6.80. The molecule has 1 aromatic heterocycles. The number of nitrogens with zero attached hydrogens (tertiary/aromatic N) is 1. The van der Waals surface area contributed by atoms with Gasteiger partial charge in [-0.1, -0.05) is 54.4 Å². The van der Waals surface area contributed by atoms with Crippen molar-refractivity contribution >= 4 is 17.8 Å². The Morgan fingerprint density at radius 2 is 1.85 bits per heavy atom. The minimum absolute atomic E-state index is 0.0137. The number of esters is 2. The fraction of sp³-hybridized carbons (Fsp3) is 0.733. The highest BCUT2D eigenvalue weighted by atomic mass is 16.7. The summed E-state index contributed by atoms with van der Waals surface area (Å²) in [6.07, 6.45) is 4.75. The molecule has 0 aliphatic carbocycles. The van der Waals surface area contributed by atoms with Gasteiger partial charge in [-0.2, -0.15) is 0 Å². The normalized spacial score (nSPS) is 21.8. The first-order chi connectivity index (χ1) is 18.9. The highest BCUT2D eigenvalue weighted by Gasteiger charge is 2.35. The molecular formula is C30H48N2O8. The third-order valence-corrected chi connectivity index (χ3v) is 6.80. The number of rotatable bonds is 13. The predicted octanol–water partition coefficient (Wildman–Crippen LogP) is 4.93. The third kappa shape index (κ3) is 10.3. The van der Waals surface area contributed by atoms with Crippen molar-refractivity contribution in [3.05, 3.63) is 18.0 Å². The van der Waals surface area contributed by atoms with Crippen molar-refractivity contribution < 1.29 is 38.1 Å². The lowest BCUT2D eigenvalue weighted by Gasteiger charge is -2.32. The second-order valence-electron chi connectivity index (χ2n) is 11.6. The van der Waals surface area contributed by atoms with E-state index in [2.05, 4.69) is 38.0 Å². The average Bonchev–Trinajstić information content (AvgIpc) is 2.94. The lowest BCUT2D eigenvalue weighted by molar-refractivity contribution is -0.161. The fourth-order valence-electron chi connectivity index (χ4n) is 4.58. The van der Waals surface area contributed by atoms with Crippen molar-refractivity contribution in [1.29, 1.82) is 0 Å². The van der Waals surface area contributed by atoms with Gasteiger partial charge in [0, 0.05) is 18.9 Å². The number of ether oxygens (including phenoxy) is 5. The Morgan fingerprint density at radius 3 is 2.48 bits per heavy atom. The van der Waals surface area contributed by atoms with E-state index in [9.17, 15) is 14.4 Å². The molecule has 10 nitrogen and oxygen atoms in total. The van der Waals surface area contributed by atoms with E-state index in [1.54, 1.807) is 13.8 Å². The SMILES string of the molecule is COc1ccnc(C(=O)NC2CCCC(CCC(C)C)C(OCC(C)C)C(C)OC2=O)c1OCOC(=O)C(C)C. The van der Waals surface area contributed by atoms with Gasteiger partial charge < -0.3 is 29.0 Å². The van der Waals surface area contributed by atoms with E-state index in [1.807, 2.05) is 6.92 Å². The van der Waals surface area contributed by atoms with Crippen molar-refractivity contribution in [1.82, 2.24) is 10.3 Å². The van der Waals surface area contributed by atoms with Gasteiger partial charge in [-0.3, -0.25) is 9.59 Å². The molecule has 1 saturated heterocycles. The first-order valence-corrected chi connectivity index (χ1v) is 14.4. The Labute approximate surface area is 238 Å². The van der Waals surface area contributed by atoms with Gasteiger partial charge in [0.15, 0.2) is 17.2 Å². The van der Waals surface area contributed by atoms with E-state index in [0.29, 0.717) is 24.9 Å². The molecule has 0 saturated carbocycles. The predicted molar refractivity (Wildman–Crippen MR) is 150 cm³/mol. The zero-order chi connectivity index (χ0) is 29.8. The summed E-state index contributed by atoms with van der Waals surface area (Å²) in [6, 6.07) is 0.658. The fourth-order valence-corrected chi connectivity index (χ4v) is 4.58. The molecule has 10 heteroatoms. The maximum atomic E-state index is 13.4. The number of aromatic nitrogens is 1. The van der Waals surface area contributed by atoms with E-state index >= 15 is 0 Å². The quantitative estimate of drug-likeness (QED) is 0.262. The molecule has 40 heavy (non-hydrogen) atoms. The van der Waals surface area contributed by atoms with Crippen molar-refractivity contribution in [2.75, 3.05) is 20.5 Å². The molecule has 226 valence electrons. The first kappa shape index (κ1) is 33.3. The molecule has 4 atom stereocenters. The van der Waals surface area contributed by atoms with Crippen molar-refractivity contribution in [2.24, 2.45) is 23.7 Å². The smallest absolute Gasteiger partial charge is 0.329 e. The molecule has 4 unspecified atom stereocenters. The van der Waals surface area contributed by atoms with Crippen LogP contribution in [0.15, 0.2) is 12.3 Å². The molecule has 1 aromatic rings. The zero-order valence-corrected chi connectivity index (χ0v) is 25.4. The highest BCUT2D eigenvalue weighted by molar-refractivity contribution is 5.98. The van der Waals surface area contributed by atoms with Crippen LogP contribution in [0.4, 0.5) is 0 Å². The van der Waals surface area contributed by atoms with Gasteiger partial charge in [0.25, 0.3) is 5.91 Å². The van der Waals surface area contributed by atoms with Crippen LogP contribution in [0, 0.1) is 23.7 Å². The summed E-state index contributed by atoms with van der Waals surface area (Å²) in [6.45, 7) is 14.0. The van der Waals surface area contributed by atoms with Crippen LogP contribution in [0.5, 0.6) is 11.5 Å². The van der Waals surface area contributed by atoms with E-state index in [1.165, 1.54) is 19.4 Å². The monoisotopic (exact) mass is 564 g/mol. The second-order valence-corrected chi connectivity index (χ2v) is 11.6. The summed E-state index contributed by atoms with van der Waals surface area (Å²) in [7, 11) is 1.43. The minimum atomic E-state index is -0.871. The topological polar surface area (TPSA) is 122 Å². The summed E-state index contributed by atoms with van der Waals surface area (Å²) in [5.41, 5.74) is -0.0892. The van der Waals surface area contributed by atoms with Crippen molar-refractivity contribution in [3.8, 4) is 11.5 Å². The number of amides is 1. The van der Waals surface area contributed by atoms with Crippen LogP contribution < -0.4 is 14.8 Å². The number of hydrogen-bond acceptors (Lipinski definition) is 9. The summed E-state index contributed by atoms with van der Waals surface area (Å²) >= 11 is 0. The molecule has 1 fully saturated rings. The van der Waals surface area contributed by atoms with Gasteiger partial charge in [0.2, 0.25) is 6.79 Å². The Morgan fingerprint density at radius 1 is 1.12 bits per heavy atom. The number of carbonyl (C=O) groups is 3. The average molecular weight is 565 g/mol. The molecule has 0 radical (unpaired) electrons. The number of cyclic esters (lactones) is 1. The zero-order valence-electron chi connectivity index (χ0n) is 25.4. The molecule has 0 aromatic carbocycles. The summed E-state index contributed by atoms with van der Waals surface area (Å²) < 4.78 is 28.2. The molecule has 0 spiro atoms. The maximum Gasteiger partial charge on any atom is 0.329 e. The number of hydrogen-bond donors (Lipinski definition) is 1. The molecule has 2 rings (SSSR count). The molecule has 1 N–H and O–H groups in total. The molecule has 1 amide bonds. The van der Waals surface area contributed by atoms with Crippen LogP contribution >= 0.6 is 0 Å². The Kier molecular flexibility index (Phi) is 13.7. The van der Waals surface area contributed by atoms with Crippen LogP contribution in [0.1, 0.15) is 91.1 Å². The number of carbonyl (C=O) groups excluding carboxylic acids is 3. The van der Waals surface area contributed by atoms with Crippen LogP contribution in [0.2, 0.25) is 0 Å². The molecular weight excluding hydrogens is 516 g/mol. The maximum absolute atomic E-state index is 13.4. The van der Waals surface area contributed by atoms with Crippen LogP contribution in [0.3, 0.4) is 0 Å². The van der Waals surface area contributed by atoms with Crippen LogP contribution in [-0.2, 0) is 23.8 Å². The standard InChI is InChI=1S/C30H48N2O8/c1-18(2)12-13-22-10-9-11-23(30(35)40-21(7)26(22)37-16-19(3)4)32-28(33)25-27(24(36-8)14-15-31-25)38-17-39-29(34)20(5)6/h14-15,18-23,26H,9-13,16-17H2,1-8H3,(H,32,33). The summed E-state index contributed by atoms with van der Waals surface area (Å²) in [5.74, 6) is -0.506. The van der Waals surface area contributed by atoms with E-state index < -0.39 is 36.8 Å². The molecule has 0 bridgehead atoms. The summed E-state index contributed by atoms with van der Waals surface area (Å²) in [5, 5.41) is 2.78. The second kappa shape index (κ2) is 16.4. The van der Waals surface area contributed by atoms with Gasteiger partial charge in [-0.05, 0) is 43.9 Å². The summed E-state index contributed by atoms with van der Waals surface area (Å²) in [4.78, 5) is 42.6. The van der Waals surface area contributed by atoms with Gasteiger partial charge in [-0.25, -0.2) is 9.78 Å². The molecule has 1 aliphatic heterocycles. The van der Waals surface area contributed by atoms with Gasteiger partial charge in [0.1, 0.15) is 12.1 Å². The molecule has 2 heterocycles. The lowest BCUT2D eigenvalue weighted by atomic mass is 9.86. The Balaban J connectivity index is 2.20. The van der Waals surface area contributed by atoms with E-state index in [4.69, 9.17) is 23.7 Å². The number of methoxy groups -OCH3 is 1. The van der Waals surface area contributed by atoms with Crippen LogP contribution in [0.25, 0.3) is 0 Å². The van der Waals surface area contributed by atoms with Crippen LogP contribution in [-0.4, -0.2) is 61.6 Å². The Bertz CT molecular complexity index is 965. The van der Waals surface area contributed by atoms with Gasteiger partial charge in [0.05, 0.1) is 19.1 Å². The molecule has 1 aliphatic rings. The highest BCUT2D eigenvalue weighted by Crippen LogP contribution is 2.31. The van der Waals surface area contributed by atoms with Gasteiger partial charge in [-0.15, -0.1) is 0 Å². The number of nitrogens with one attached hydrogen (secondary N) is 1. The van der Waals surface area contributed by atoms with E-state index in [-0.39, 0.29) is 35.1 Å². The number of pyridine rings is 1. The van der Waals surface area contributed by atoms with Crippen molar-refractivity contribution in [3.63, 3.8) is 0 Å². The lowest BCUT2D eigenvalue weighted by Crippen LogP contribution is -2.44. The van der Waals surface area contributed by atoms with Crippen molar-refractivity contribution in [2.45, 2.75) is 98.8 Å². The van der Waals surface area contributed by atoms with E-state index in [0.717, 1.165) is 25.7 Å².